The molecule has 5 rings (SSSR count). The zero-order chi connectivity index (χ0) is 19.3. The molecule has 0 radical (unpaired) electrons. The third-order valence-corrected chi connectivity index (χ3v) is 6.47. The van der Waals surface area contributed by atoms with Crippen LogP contribution in [0.5, 0.6) is 5.75 Å². The minimum atomic E-state index is -0.143. The molecule has 2 aromatic carbocycles. The lowest BCUT2D eigenvalue weighted by Gasteiger charge is -2.19. The number of anilines is 1. The summed E-state index contributed by atoms with van der Waals surface area (Å²) in [6, 6.07) is 15.9. The van der Waals surface area contributed by atoms with Crippen LogP contribution in [0.25, 0.3) is 0 Å². The highest BCUT2D eigenvalue weighted by Gasteiger charge is 2.61. The fourth-order valence-corrected chi connectivity index (χ4v) is 5.23. The number of rotatable bonds is 5. The first-order valence-electron chi connectivity index (χ1n) is 9.82. The Morgan fingerprint density at radius 3 is 2.29 bits per heavy atom. The molecule has 142 valence electrons. The summed E-state index contributed by atoms with van der Waals surface area (Å²) in [6.45, 7) is -0.0925. The first-order chi connectivity index (χ1) is 13.6. The van der Waals surface area contributed by atoms with E-state index in [4.69, 9.17) is 4.74 Å². The van der Waals surface area contributed by atoms with Crippen molar-refractivity contribution < 1.29 is 19.1 Å². The molecule has 1 aliphatic heterocycles. The molecule has 5 nitrogen and oxygen atoms in total. The van der Waals surface area contributed by atoms with Crippen molar-refractivity contribution in [3.63, 3.8) is 0 Å². The number of fused-ring (bicyclic) bond motifs is 5. The topological polar surface area (TPSA) is 63.7 Å². The molecule has 2 saturated carbocycles. The smallest absolute Gasteiger partial charge is 0.237 e. The Morgan fingerprint density at radius 2 is 1.61 bits per heavy atom. The molecule has 2 aromatic rings. The first kappa shape index (κ1) is 17.2. The second-order valence-electron chi connectivity index (χ2n) is 7.97. The van der Waals surface area contributed by atoms with Gasteiger partial charge < -0.3 is 4.74 Å². The van der Waals surface area contributed by atoms with Crippen molar-refractivity contribution in [1.29, 1.82) is 0 Å². The Labute approximate surface area is 163 Å². The standard InChI is InChI=1S/C23H21NO4/c25-19(14-5-2-1-3-6-14)13-28-18-8-4-7-17(12-18)24-22(26)20-15-9-10-16(11-15)21(20)23(24)27/h1-8,12,15-16,20-21H,9-11,13H2/t15-,16-,20+,21+/m0/s1. The van der Waals surface area contributed by atoms with Gasteiger partial charge in [0, 0.05) is 11.6 Å². The minimum absolute atomic E-state index is 0.0697. The largest absolute Gasteiger partial charge is 0.485 e. The maximum absolute atomic E-state index is 13.0. The number of carbonyl (C=O) groups is 3. The monoisotopic (exact) mass is 375 g/mol. The summed E-state index contributed by atoms with van der Waals surface area (Å²) >= 11 is 0. The molecule has 1 saturated heterocycles. The fraction of sp³-hybridized carbons (Fsp3) is 0.348. The van der Waals surface area contributed by atoms with Crippen LogP contribution in [0.1, 0.15) is 29.6 Å². The number of benzene rings is 2. The zero-order valence-electron chi connectivity index (χ0n) is 15.4. The normalized spacial score (nSPS) is 27.9. The van der Waals surface area contributed by atoms with Crippen LogP contribution in [0.4, 0.5) is 5.69 Å². The maximum Gasteiger partial charge on any atom is 0.237 e. The van der Waals surface area contributed by atoms with Gasteiger partial charge in [0.25, 0.3) is 0 Å². The van der Waals surface area contributed by atoms with Crippen LogP contribution in [0.3, 0.4) is 0 Å². The molecule has 3 fully saturated rings. The lowest BCUT2D eigenvalue weighted by molar-refractivity contribution is -0.123. The SMILES string of the molecule is O=C(COc1cccc(N2C(=O)[C@@H]3[C@H]4CC[C@@H](C4)[C@H]3C2=O)c1)c1ccccc1. The van der Waals surface area contributed by atoms with Gasteiger partial charge in [-0.25, -0.2) is 4.90 Å². The molecule has 2 amide bonds. The van der Waals surface area contributed by atoms with Crippen molar-refractivity contribution in [3.8, 4) is 5.75 Å². The number of ether oxygens (including phenoxy) is 1. The molecular formula is C23H21NO4. The lowest BCUT2D eigenvalue weighted by Crippen LogP contribution is -2.32. The van der Waals surface area contributed by atoms with Gasteiger partial charge in [-0.05, 0) is 43.2 Å². The number of imide groups is 1. The number of hydrogen-bond donors (Lipinski definition) is 0. The average Bonchev–Trinajstić information content (AvgIpc) is 3.41. The number of nitrogens with zero attached hydrogens (tertiary/aromatic N) is 1. The molecule has 0 aromatic heterocycles. The first-order valence-corrected chi connectivity index (χ1v) is 9.82. The summed E-state index contributed by atoms with van der Waals surface area (Å²) in [5.74, 6) is 0.650. The van der Waals surface area contributed by atoms with E-state index in [2.05, 4.69) is 0 Å². The molecule has 2 bridgehead atoms. The van der Waals surface area contributed by atoms with Crippen LogP contribution in [0.15, 0.2) is 54.6 Å². The molecule has 0 spiro atoms. The minimum Gasteiger partial charge on any atom is -0.485 e. The molecule has 0 N–H and O–H groups in total. The van der Waals surface area contributed by atoms with Gasteiger partial charge in [-0.3, -0.25) is 14.4 Å². The summed E-state index contributed by atoms with van der Waals surface area (Å²) in [5, 5.41) is 0. The quantitative estimate of drug-likeness (QED) is 0.593. The van der Waals surface area contributed by atoms with Gasteiger partial charge in [-0.2, -0.15) is 0 Å². The van der Waals surface area contributed by atoms with E-state index in [1.807, 2.05) is 18.2 Å². The molecule has 5 heteroatoms. The van der Waals surface area contributed by atoms with E-state index in [0.717, 1.165) is 19.3 Å². The summed E-state index contributed by atoms with van der Waals surface area (Å²) in [4.78, 5) is 39.5. The summed E-state index contributed by atoms with van der Waals surface area (Å²) in [5.41, 5.74) is 1.13. The van der Waals surface area contributed by atoms with Gasteiger partial charge in [-0.1, -0.05) is 36.4 Å². The van der Waals surface area contributed by atoms with Crippen LogP contribution in [-0.4, -0.2) is 24.2 Å². The highest BCUT2D eigenvalue weighted by Crippen LogP contribution is 2.56. The Morgan fingerprint density at radius 1 is 0.929 bits per heavy atom. The summed E-state index contributed by atoms with van der Waals surface area (Å²) in [6.07, 6.45) is 3.14. The van der Waals surface area contributed by atoms with Crippen LogP contribution >= 0.6 is 0 Å². The van der Waals surface area contributed by atoms with Gasteiger partial charge in [0.15, 0.2) is 12.4 Å². The maximum atomic E-state index is 13.0. The van der Waals surface area contributed by atoms with E-state index in [-0.39, 0.29) is 36.0 Å². The third kappa shape index (κ3) is 2.65. The predicted molar refractivity (Wildman–Crippen MR) is 103 cm³/mol. The molecule has 1 heterocycles. The number of carbonyl (C=O) groups excluding carboxylic acids is 3. The second kappa shape index (κ2) is 6.59. The Balaban J connectivity index is 1.33. The Bertz CT molecular complexity index is 926. The van der Waals surface area contributed by atoms with E-state index < -0.39 is 0 Å². The van der Waals surface area contributed by atoms with Crippen LogP contribution in [0, 0.1) is 23.7 Å². The van der Waals surface area contributed by atoms with E-state index >= 15 is 0 Å². The third-order valence-electron chi connectivity index (χ3n) is 6.47. The number of amides is 2. The number of Topliss-reactive ketones (excluding diaryl/α,β-unsaturated/α-hetero) is 1. The Hall–Kier alpha value is -2.95. The van der Waals surface area contributed by atoms with E-state index in [1.54, 1.807) is 36.4 Å². The van der Waals surface area contributed by atoms with Gasteiger partial charge in [-0.15, -0.1) is 0 Å². The summed E-state index contributed by atoms with van der Waals surface area (Å²) < 4.78 is 5.64. The molecule has 2 aliphatic carbocycles. The van der Waals surface area contributed by atoms with Crippen molar-refractivity contribution in [2.24, 2.45) is 23.7 Å². The molecular weight excluding hydrogens is 354 g/mol. The van der Waals surface area contributed by atoms with Crippen LogP contribution < -0.4 is 9.64 Å². The van der Waals surface area contributed by atoms with Crippen molar-refractivity contribution in [1.82, 2.24) is 0 Å². The van der Waals surface area contributed by atoms with Crippen molar-refractivity contribution in [2.75, 3.05) is 11.5 Å². The molecule has 28 heavy (non-hydrogen) atoms. The van der Waals surface area contributed by atoms with Crippen LogP contribution in [0.2, 0.25) is 0 Å². The fourth-order valence-electron chi connectivity index (χ4n) is 5.23. The number of ketones is 1. The zero-order valence-corrected chi connectivity index (χ0v) is 15.4. The Kier molecular flexibility index (Phi) is 4.04. The van der Waals surface area contributed by atoms with Crippen molar-refractivity contribution in [2.45, 2.75) is 19.3 Å². The highest BCUT2D eigenvalue weighted by atomic mass is 16.5. The predicted octanol–water partition coefficient (Wildman–Crippen LogP) is 3.48. The van der Waals surface area contributed by atoms with Crippen molar-refractivity contribution in [3.05, 3.63) is 60.2 Å². The highest BCUT2D eigenvalue weighted by molar-refractivity contribution is 6.22. The van der Waals surface area contributed by atoms with Gasteiger partial charge in [0.05, 0.1) is 17.5 Å². The van der Waals surface area contributed by atoms with Gasteiger partial charge >= 0.3 is 0 Å². The van der Waals surface area contributed by atoms with Crippen molar-refractivity contribution >= 4 is 23.3 Å². The van der Waals surface area contributed by atoms with E-state index in [1.165, 1.54) is 4.90 Å². The molecule has 0 unspecified atom stereocenters. The van der Waals surface area contributed by atoms with E-state index in [0.29, 0.717) is 28.8 Å². The summed E-state index contributed by atoms with van der Waals surface area (Å²) in [7, 11) is 0. The van der Waals surface area contributed by atoms with Gasteiger partial charge in [0.1, 0.15) is 5.75 Å². The molecule has 4 atom stereocenters. The van der Waals surface area contributed by atoms with E-state index in [9.17, 15) is 14.4 Å². The second-order valence-corrected chi connectivity index (χ2v) is 7.97. The molecule has 3 aliphatic rings. The van der Waals surface area contributed by atoms with Crippen LogP contribution in [-0.2, 0) is 9.59 Å². The lowest BCUT2D eigenvalue weighted by atomic mass is 9.81. The number of hydrogen-bond acceptors (Lipinski definition) is 4. The van der Waals surface area contributed by atoms with Gasteiger partial charge in [0.2, 0.25) is 11.8 Å². The average molecular weight is 375 g/mol.